The third-order valence-corrected chi connectivity index (χ3v) is 0.830. The zero-order valence-electron chi connectivity index (χ0n) is 2.51. The highest BCUT2D eigenvalue weighted by Crippen LogP contribution is 1.78. The molecular weight excluding hydrogens is 104 g/mol. The Labute approximate surface area is 41.6 Å². The largest absolute Gasteiger partial charge is 0.287 e. The average molecular weight is 108 g/mol. The maximum atomic E-state index is 9.60. The van der Waals surface area contributed by atoms with Crippen LogP contribution in [0.15, 0.2) is 0 Å². The van der Waals surface area contributed by atoms with E-state index in [1.54, 1.807) is 0 Å². The quantitative estimate of drug-likeness (QED) is 0.464. The molecule has 30 valence electrons. The van der Waals surface area contributed by atoms with Crippen molar-refractivity contribution in [2.24, 2.45) is 0 Å². The molecule has 5 heavy (non-hydrogen) atoms. The molecule has 0 saturated carbocycles. The van der Waals surface area contributed by atoms with Gasteiger partial charge in [0.1, 0.15) is 0 Å². The Morgan fingerprint density at radius 1 is 1.80 bits per heavy atom. The van der Waals surface area contributed by atoms with Crippen LogP contribution in [0.4, 0.5) is 0 Å². The predicted molar refractivity (Wildman–Crippen MR) is 27.8 cm³/mol. The van der Waals surface area contributed by atoms with E-state index in [0.717, 1.165) is 0 Å². The molecule has 0 amide bonds. The second kappa shape index (κ2) is 2.60. The molecule has 0 radical (unpaired) electrons. The van der Waals surface area contributed by atoms with Crippen LogP contribution in [-0.4, -0.2) is 10.9 Å². The molecule has 0 aliphatic rings. The number of hydrogen-bond acceptors (Lipinski definition) is 2. The lowest BCUT2D eigenvalue weighted by atomic mass is 10.9. The first-order valence-corrected chi connectivity index (χ1v) is 2.18. The summed E-state index contributed by atoms with van der Waals surface area (Å²) in [5.41, 5.74) is 0. The monoisotopic (exact) mass is 108 g/mol. The van der Waals surface area contributed by atoms with Crippen LogP contribution < -0.4 is 0 Å². The Morgan fingerprint density at radius 3 is 2.00 bits per heavy atom. The molecular formula is C2H4OS2. The Hall–Kier alpha value is 0.370. The van der Waals surface area contributed by atoms with Crippen molar-refractivity contribution >= 4 is 30.4 Å². The Balaban J connectivity index is 2.85. The van der Waals surface area contributed by atoms with Crippen LogP contribution in [0.25, 0.3) is 0 Å². The van der Waals surface area contributed by atoms with Crippen molar-refractivity contribution in [2.75, 3.05) is 5.75 Å². The van der Waals surface area contributed by atoms with Crippen LogP contribution in [0.2, 0.25) is 0 Å². The number of carbonyl (C=O) groups excluding carboxylic acids is 1. The molecule has 0 rings (SSSR count). The minimum absolute atomic E-state index is 0.187. The van der Waals surface area contributed by atoms with Crippen molar-refractivity contribution in [3.8, 4) is 0 Å². The van der Waals surface area contributed by atoms with Crippen LogP contribution in [0, 0.1) is 0 Å². The fourth-order valence-corrected chi connectivity index (χ4v) is 0. The third-order valence-electron chi connectivity index (χ3n) is 0.135. The van der Waals surface area contributed by atoms with E-state index in [-0.39, 0.29) is 10.9 Å². The van der Waals surface area contributed by atoms with Crippen molar-refractivity contribution in [3.63, 3.8) is 0 Å². The summed E-state index contributed by atoms with van der Waals surface area (Å²) in [7, 11) is 0. The van der Waals surface area contributed by atoms with Gasteiger partial charge < -0.3 is 0 Å². The van der Waals surface area contributed by atoms with Gasteiger partial charge in [-0.2, -0.15) is 12.6 Å². The lowest BCUT2D eigenvalue weighted by molar-refractivity contribution is -0.108. The van der Waals surface area contributed by atoms with E-state index < -0.39 is 0 Å². The van der Waals surface area contributed by atoms with Crippen molar-refractivity contribution < 1.29 is 4.79 Å². The normalized spacial score (nSPS) is 7.60. The van der Waals surface area contributed by atoms with Crippen LogP contribution >= 0.6 is 25.3 Å². The molecule has 0 aromatic rings. The molecule has 0 saturated heterocycles. The highest BCUT2D eigenvalue weighted by Gasteiger charge is 1.79. The number of thiol groups is 2. The van der Waals surface area contributed by atoms with Gasteiger partial charge in [0.05, 0.1) is 5.75 Å². The lowest BCUT2D eigenvalue weighted by Crippen LogP contribution is -1.81. The summed E-state index contributed by atoms with van der Waals surface area (Å²) in [4.78, 5) is 9.60. The Kier molecular flexibility index (Phi) is 2.79. The van der Waals surface area contributed by atoms with Gasteiger partial charge in [-0.15, -0.1) is 12.6 Å². The van der Waals surface area contributed by atoms with Gasteiger partial charge >= 0.3 is 0 Å². The van der Waals surface area contributed by atoms with Gasteiger partial charge in [-0.25, -0.2) is 0 Å². The van der Waals surface area contributed by atoms with Crippen LogP contribution in [0.1, 0.15) is 0 Å². The maximum Gasteiger partial charge on any atom is 0.195 e. The van der Waals surface area contributed by atoms with Crippen LogP contribution in [-0.2, 0) is 4.79 Å². The first-order chi connectivity index (χ1) is 2.27. The summed E-state index contributed by atoms with van der Waals surface area (Å²) in [6.45, 7) is 0. The van der Waals surface area contributed by atoms with E-state index in [1.165, 1.54) is 0 Å². The van der Waals surface area contributed by atoms with Gasteiger partial charge in [-0.1, -0.05) is 0 Å². The van der Waals surface area contributed by atoms with Gasteiger partial charge in [-0.3, -0.25) is 4.79 Å². The van der Waals surface area contributed by atoms with Crippen molar-refractivity contribution in [3.05, 3.63) is 0 Å². The van der Waals surface area contributed by atoms with E-state index >= 15 is 0 Å². The lowest BCUT2D eigenvalue weighted by Gasteiger charge is -1.70. The molecule has 0 spiro atoms. The van der Waals surface area contributed by atoms with Gasteiger partial charge in [0.25, 0.3) is 0 Å². The minimum Gasteiger partial charge on any atom is -0.287 e. The molecule has 0 atom stereocenters. The first kappa shape index (κ1) is 5.37. The number of carbonyl (C=O) groups is 1. The summed E-state index contributed by atoms with van der Waals surface area (Å²) >= 11 is 6.97. The standard InChI is InChI=1S/C2H4OS2/c3-2(5)1-4/h4H,1H2,(H,3,5). The van der Waals surface area contributed by atoms with E-state index in [2.05, 4.69) is 25.3 Å². The Morgan fingerprint density at radius 2 is 2.00 bits per heavy atom. The predicted octanol–water partition coefficient (Wildman–Crippen LogP) is 0.373. The smallest absolute Gasteiger partial charge is 0.195 e. The topological polar surface area (TPSA) is 17.1 Å². The molecule has 0 aliphatic heterocycles. The molecule has 0 bridgehead atoms. The molecule has 0 N–H and O–H groups in total. The molecule has 0 fully saturated rings. The second-order valence-corrected chi connectivity index (χ2v) is 1.37. The minimum atomic E-state index is -0.187. The molecule has 0 unspecified atom stereocenters. The highest BCUT2D eigenvalue weighted by molar-refractivity contribution is 7.99. The summed E-state index contributed by atoms with van der Waals surface area (Å²) in [5, 5.41) is -0.187. The van der Waals surface area contributed by atoms with Crippen LogP contribution in [0.5, 0.6) is 0 Å². The Bertz CT molecular complexity index is 42.9. The van der Waals surface area contributed by atoms with Crippen molar-refractivity contribution in [2.45, 2.75) is 0 Å². The van der Waals surface area contributed by atoms with E-state index in [4.69, 9.17) is 0 Å². The fraction of sp³-hybridized carbons (Fsp3) is 0.500. The second-order valence-electron chi connectivity index (χ2n) is 0.552. The van der Waals surface area contributed by atoms with E-state index in [9.17, 15) is 4.79 Å². The fourth-order valence-electron chi connectivity index (χ4n) is 0. The summed E-state index contributed by atoms with van der Waals surface area (Å²) in [5.74, 6) is 0.225. The summed E-state index contributed by atoms with van der Waals surface area (Å²) in [6, 6.07) is 0. The molecule has 0 aliphatic carbocycles. The first-order valence-electron chi connectivity index (χ1n) is 1.10. The summed E-state index contributed by atoms with van der Waals surface area (Å²) < 4.78 is 0. The van der Waals surface area contributed by atoms with Crippen LogP contribution in [0.3, 0.4) is 0 Å². The maximum absolute atomic E-state index is 9.60. The molecule has 0 aromatic heterocycles. The molecule has 0 aromatic carbocycles. The van der Waals surface area contributed by atoms with E-state index in [1.807, 2.05) is 0 Å². The third kappa shape index (κ3) is 4.37. The number of hydrogen-bond donors (Lipinski definition) is 2. The average Bonchev–Trinajstić information content (AvgIpc) is 1.38. The zero-order valence-corrected chi connectivity index (χ0v) is 4.30. The van der Waals surface area contributed by atoms with Gasteiger partial charge in [0.15, 0.2) is 5.12 Å². The SMILES string of the molecule is O=C(S)CS. The van der Waals surface area contributed by atoms with Crippen molar-refractivity contribution in [1.29, 1.82) is 0 Å². The molecule has 0 heterocycles. The highest BCUT2D eigenvalue weighted by atomic mass is 32.1. The molecule has 1 nitrogen and oxygen atoms in total. The van der Waals surface area contributed by atoms with Gasteiger partial charge in [0.2, 0.25) is 0 Å². The summed E-state index contributed by atoms with van der Waals surface area (Å²) in [6.07, 6.45) is 0. The van der Waals surface area contributed by atoms with Gasteiger partial charge in [0, 0.05) is 0 Å². The zero-order chi connectivity index (χ0) is 4.28. The molecule has 3 heteroatoms. The van der Waals surface area contributed by atoms with Crippen molar-refractivity contribution in [1.82, 2.24) is 0 Å². The number of rotatable bonds is 1. The van der Waals surface area contributed by atoms with E-state index in [0.29, 0.717) is 0 Å². The van der Waals surface area contributed by atoms with Gasteiger partial charge in [-0.05, 0) is 0 Å².